The normalized spacial score (nSPS) is 15.3. The lowest BCUT2D eigenvalue weighted by Gasteiger charge is -2.15. The summed E-state index contributed by atoms with van der Waals surface area (Å²) in [5.74, 6) is -0.490. The summed E-state index contributed by atoms with van der Waals surface area (Å²) in [6.07, 6.45) is 5.75. The first-order valence-electron chi connectivity index (χ1n) is 10.2. The lowest BCUT2D eigenvalue weighted by atomic mass is 10.1. The van der Waals surface area contributed by atoms with Crippen molar-refractivity contribution in [2.45, 2.75) is 38.9 Å². The third-order valence-electron chi connectivity index (χ3n) is 5.07. The van der Waals surface area contributed by atoms with Crippen LogP contribution in [0.2, 0.25) is 0 Å². The molecule has 0 aromatic heterocycles. The van der Waals surface area contributed by atoms with Gasteiger partial charge in [0.05, 0.1) is 0 Å². The van der Waals surface area contributed by atoms with Crippen LogP contribution >= 0.6 is 0 Å². The number of nitrogens with one attached hydrogen (secondary N) is 2. The van der Waals surface area contributed by atoms with E-state index < -0.39 is 6.04 Å². The molecular formula is C24H29N3O2. The summed E-state index contributed by atoms with van der Waals surface area (Å²) in [7, 11) is 0. The number of carbonyl (C=O) groups is 2. The molecule has 2 aromatic carbocycles. The van der Waals surface area contributed by atoms with Gasteiger partial charge in [0.15, 0.2) is 0 Å². The van der Waals surface area contributed by atoms with E-state index in [1.807, 2.05) is 30.3 Å². The van der Waals surface area contributed by atoms with E-state index in [0.717, 1.165) is 17.7 Å². The van der Waals surface area contributed by atoms with Crippen molar-refractivity contribution in [3.63, 3.8) is 0 Å². The summed E-state index contributed by atoms with van der Waals surface area (Å²) in [6, 6.07) is 17.3. The highest BCUT2D eigenvalue weighted by atomic mass is 16.2. The van der Waals surface area contributed by atoms with Gasteiger partial charge in [0, 0.05) is 19.2 Å². The van der Waals surface area contributed by atoms with Crippen molar-refractivity contribution in [2.75, 3.05) is 13.1 Å². The fourth-order valence-corrected chi connectivity index (χ4v) is 3.37. The van der Waals surface area contributed by atoms with E-state index in [4.69, 9.17) is 0 Å². The molecule has 5 heteroatoms. The zero-order chi connectivity index (χ0) is 20.5. The summed E-state index contributed by atoms with van der Waals surface area (Å²) < 4.78 is 0. The molecule has 1 atom stereocenters. The van der Waals surface area contributed by atoms with Gasteiger partial charge in [0.1, 0.15) is 6.04 Å². The van der Waals surface area contributed by atoms with Crippen LogP contribution in [0, 0.1) is 0 Å². The molecule has 0 saturated carbocycles. The van der Waals surface area contributed by atoms with Gasteiger partial charge in [-0.3, -0.25) is 14.5 Å². The Morgan fingerprint density at radius 2 is 1.66 bits per heavy atom. The van der Waals surface area contributed by atoms with Gasteiger partial charge in [-0.25, -0.2) is 0 Å². The minimum Gasteiger partial charge on any atom is -0.350 e. The molecule has 152 valence electrons. The summed E-state index contributed by atoms with van der Waals surface area (Å²) in [5, 5.41) is 5.57. The molecule has 0 spiro atoms. The fraction of sp³-hybridized carbons (Fsp3) is 0.333. The van der Waals surface area contributed by atoms with Gasteiger partial charge in [-0.05, 0) is 55.6 Å². The molecule has 1 unspecified atom stereocenters. The minimum absolute atomic E-state index is 0.201. The second-order valence-corrected chi connectivity index (χ2v) is 7.49. The van der Waals surface area contributed by atoms with Gasteiger partial charge in [0.25, 0.3) is 0 Å². The van der Waals surface area contributed by atoms with Crippen LogP contribution in [0.4, 0.5) is 0 Å². The van der Waals surface area contributed by atoms with E-state index in [1.54, 1.807) is 13.0 Å². The molecule has 0 bridgehead atoms. The van der Waals surface area contributed by atoms with Crippen molar-refractivity contribution in [1.29, 1.82) is 0 Å². The van der Waals surface area contributed by atoms with Crippen LogP contribution < -0.4 is 10.6 Å². The number of hydrogen-bond donors (Lipinski definition) is 2. The average molecular weight is 392 g/mol. The molecule has 2 N–H and O–H groups in total. The average Bonchev–Trinajstić information content (AvgIpc) is 3.25. The summed E-state index contributed by atoms with van der Waals surface area (Å²) in [6.45, 7) is 5.49. The summed E-state index contributed by atoms with van der Waals surface area (Å²) in [5.41, 5.74) is 3.28. The zero-order valence-electron chi connectivity index (χ0n) is 16.9. The highest BCUT2D eigenvalue weighted by Crippen LogP contribution is 2.13. The van der Waals surface area contributed by atoms with Crippen LogP contribution in [0.1, 0.15) is 36.5 Å². The van der Waals surface area contributed by atoms with E-state index in [2.05, 4.69) is 39.8 Å². The topological polar surface area (TPSA) is 61.4 Å². The van der Waals surface area contributed by atoms with Crippen LogP contribution in [0.15, 0.2) is 60.7 Å². The molecule has 0 aliphatic carbocycles. The Labute approximate surface area is 172 Å². The lowest BCUT2D eigenvalue weighted by Crippen LogP contribution is -2.44. The van der Waals surface area contributed by atoms with Crippen molar-refractivity contribution in [3.05, 3.63) is 77.4 Å². The number of likely N-dealkylation sites (tertiary alicyclic amines) is 1. The number of rotatable bonds is 8. The maximum Gasteiger partial charge on any atom is 0.244 e. The molecule has 5 nitrogen and oxygen atoms in total. The maximum absolute atomic E-state index is 12.3. The predicted octanol–water partition coefficient (Wildman–Crippen LogP) is 3.12. The first kappa shape index (κ1) is 20.8. The zero-order valence-corrected chi connectivity index (χ0v) is 16.9. The van der Waals surface area contributed by atoms with E-state index in [9.17, 15) is 9.59 Å². The van der Waals surface area contributed by atoms with E-state index in [0.29, 0.717) is 6.54 Å². The number of nitrogens with zero attached hydrogens (tertiary/aromatic N) is 1. The van der Waals surface area contributed by atoms with Crippen LogP contribution in [0.5, 0.6) is 0 Å². The van der Waals surface area contributed by atoms with Crippen LogP contribution in [0.25, 0.3) is 6.08 Å². The minimum atomic E-state index is -0.600. The molecule has 1 aliphatic rings. The quantitative estimate of drug-likeness (QED) is 0.680. The van der Waals surface area contributed by atoms with Gasteiger partial charge in [-0.1, -0.05) is 54.6 Å². The van der Waals surface area contributed by atoms with Crippen molar-refractivity contribution < 1.29 is 9.59 Å². The van der Waals surface area contributed by atoms with Gasteiger partial charge in [0.2, 0.25) is 11.8 Å². The van der Waals surface area contributed by atoms with Gasteiger partial charge >= 0.3 is 0 Å². The molecule has 0 radical (unpaired) electrons. The number of benzene rings is 2. The smallest absolute Gasteiger partial charge is 0.244 e. The van der Waals surface area contributed by atoms with Gasteiger partial charge < -0.3 is 10.6 Å². The molecule has 3 rings (SSSR count). The molecule has 1 aliphatic heterocycles. The van der Waals surface area contributed by atoms with Crippen molar-refractivity contribution in [3.8, 4) is 0 Å². The molecule has 2 amide bonds. The Balaban J connectivity index is 1.41. The van der Waals surface area contributed by atoms with Gasteiger partial charge in [-0.2, -0.15) is 0 Å². The molecule has 29 heavy (non-hydrogen) atoms. The number of hydrogen-bond acceptors (Lipinski definition) is 3. The first-order valence-corrected chi connectivity index (χ1v) is 10.2. The number of amides is 2. The maximum atomic E-state index is 12.3. The van der Waals surface area contributed by atoms with E-state index >= 15 is 0 Å². The van der Waals surface area contributed by atoms with Crippen molar-refractivity contribution in [1.82, 2.24) is 15.5 Å². The molecule has 2 aromatic rings. The Hall–Kier alpha value is -2.92. The Kier molecular flexibility index (Phi) is 7.59. The molecular weight excluding hydrogens is 362 g/mol. The van der Waals surface area contributed by atoms with E-state index in [-0.39, 0.29) is 11.8 Å². The van der Waals surface area contributed by atoms with Crippen molar-refractivity contribution >= 4 is 17.9 Å². The highest BCUT2D eigenvalue weighted by Gasteiger charge is 2.14. The van der Waals surface area contributed by atoms with Crippen LogP contribution in [-0.2, 0) is 22.7 Å². The fourth-order valence-electron chi connectivity index (χ4n) is 3.37. The van der Waals surface area contributed by atoms with Crippen LogP contribution in [-0.4, -0.2) is 35.8 Å². The SMILES string of the molecule is CC(NC(=O)/C=C/c1ccccc1)C(=O)NCc1ccc(CN2CCCC2)cc1. The second kappa shape index (κ2) is 10.6. The molecule has 1 heterocycles. The van der Waals surface area contributed by atoms with E-state index in [1.165, 1.54) is 37.6 Å². The Morgan fingerprint density at radius 1 is 1.00 bits per heavy atom. The standard InChI is InChI=1S/C24H29N3O2/c1-19(26-23(28)14-13-20-7-3-2-4-8-20)24(29)25-17-21-9-11-22(12-10-21)18-27-15-5-6-16-27/h2-4,7-14,19H,5-6,15-18H2,1H3,(H,25,29)(H,26,28)/b14-13+. The second-order valence-electron chi connectivity index (χ2n) is 7.49. The molecule has 1 fully saturated rings. The summed E-state index contributed by atoms with van der Waals surface area (Å²) >= 11 is 0. The summed E-state index contributed by atoms with van der Waals surface area (Å²) in [4.78, 5) is 26.7. The third kappa shape index (κ3) is 6.88. The lowest BCUT2D eigenvalue weighted by molar-refractivity contribution is -0.126. The Bertz CT molecular complexity index is 825. The highest BCUT2D eigenvalue weighted by molar-refractivity contribution is 5.95. The van der Waals surface area contributed by atoms with Crippen LogP contribution in [0.3, 0.4) is 0 Å². The third-order valence-corrected chi connectivity index (χ3v) is 5.07. The monoisotopic (exact) mass is 391 g/mol. The Morgan fingerprint density at radius 3 is 2.34 bits per heavy atom. The predicted molar refractivity (Wildman–Crippen MR) is 116 cm³/mol. The largest absolute Gasteiger partial charge is 0.350 e. The first-order chi connectivity index (χ1) is 14.1. The van der Waals surface area contributed by atoms with Gasteiger partial charge in [-0.15, -0.1) is 0 Å². The van der Waals surface area contributed by atoms with Crippen molar-refractivity contribution in [2.24, 2.45) is 0 Å². The molecule has 1 saturated heterocycles. The number of carbonyl (C=O) groups excluding carboxylic acids is 2.